The van der Waals surface area contributed by atoms with Crippen LogP contribution >= 0.6 is 11.3 Å². The molecule has 1 aromatic heterocycles. The van der Waals surface area contributed by atoms with E-state index in [0.717, 1.165) is 10.4 Å². The van der Waals surface area contributed by atoms with E-state index in [1.54, 1.807) is 24.3 Å². The maximum Gasteiger partial charge on any atom is 0.306 e. The standard InChI is InChI=1S/C18H21NO4S/c1-12-6-8-16(22-3)15(11-12)19-18(21)13(2)23-17(20)9-7-14-5-4-10-24-14/h4-6,8,10-11,13H,7,9H2,1-3H3,(H,19,21)/t13-/m0/s1. The monoisotopic (exact) mass is 347 g/mol. The van der Waals surface area contributed by atoms with Crippen molar-refractivity contribution in [2.24, 2.45) is 0 Å². The van der Waals surface area contributed by atoms with E-state index in [-0.39, 0.29) is 18.3 Å². The van der Waals surface area contributed by atoms with Gasteiger partial charge >= 0.3 is 5.97 Å². The van der Waals surface area contributed by atoms with Crippen molar-refractivity contribution in [2.75, 3.05) is 12.4 Å². The van der Waals surface area contributed by atoms with Crippen molar-refractivity contribution in [3.63, 3.8) is 0 Å². The van der Waals surface area contributed by atoms with Crippen molar-refractivity contribution in [2.45, 2.75) is 32.8 Å². The number of nitrogens with one attached hydrogen (secondary N) is 1. The third kappa shape index (κ3) is 5.09. The molecule has 1 aromatic carbocycles. The highest BCUT2D eigenvalue weighted by Crippen LogP contribution is 2.25. The number of carbonyl (C=O) groups excluding carboxylic acids is 2. The van der Waals surface area contributed by atoms with Crippen molar-refractivity contribution in [3.8, 4) is 5.75 Å². The molecule has 0 fully saturated rings. The highest BCUT2D eigenvalue weighted by atomic mass is 32.1. The molecule has 1 atom stereocenters. The number of hydrogen-bond acceptors (Lipinski definition) is 5. The van der Waals surface area contributed by atoms with Crippen molar-refractivity contribution in [1.82, 2.24) is 0 Å². The Balaban J connectivity index is 1.87. The van der Waals surface area contributed by atoms with Crippen LogP contribution in [0.25, 0.3) is 0 Å². The van der Waals surface area contributed by atoms with Gasteiger partial charge in [0, 0.05) is 4.88 Å². The number of aryl methyl sites for hydroxylation is 2. The first-order valence-corrected chi connectivity index (χ1v) is 8.55. The maximum atomic E-state index is 12.2. The fourth-order valence-corrected chi connectivity index (χ4v) is 2.85. The predicted molar refractivity (Wildman–Crippen MR) is 94.6 cm³/mol. The molecule has 1 heterocycles. The molecule has 2 rings (SSSR count). The fraction of sp³-hybridized carbons (Fsp3) is 0.333. The lowest BCUT2D eigenvalue weighted by Crippen LogP contribution is -2.30. The van der Waals surface area contributed by atoms with Gasteiger partial charge in [-0.25, -0.2) is 0 Å². The molecule has 0 saturated carbocycles. The number of esters is 1. The van der Waals surface area contributed by atoms with E-state index in [0.29, 0.717) is 17.9 Å². The molecular formula is C18H21NO4S. The molecular weight excluding hydrogens is 326 g/mol. The Hall–Kier alpha value is -2.34. The average Bonchev–Trinajstić information content (AvgIpc) is 3.06. The topological polar surface area (TPSA) is 64.6 Å². The summed E-state index contributed by atoms with van der Waals surface area (Å²) in [6, 6.07) is 9.39. The molecule has 2 aromatic rings. The zero-order chi connectivity index (χ0) is 17.5. The van der Waals surface area contributed by atoms with Crippen molar-refractivity contribution in [1.29, 1.82) is 0 Å². The maximum absolute atomic E-state index is 12.2. The second-order valence-electron chi connectivity index (χ2n) is 5.40. The molecule has 0 bridgehead atoms. The fourth-order valence-electron chi connectivity index (χ4n) is 2.14. The van der Waals surface area contributed by atoms with Gasteiger partial charge in [0.15, 0.2) is 6.10 Å². The van der Waals surface area contributed by atoms with Gasteiger partial charge in [-0.2, -0.15) is 0 Å². The summed E-state index contributed by atoms with van der Waals surface area (Å²) in [4.78, 5) is 25.2. The van der Waals surface area contributed by atoms with Crippen LogP contribution in [-0.4, -0.2) is 25.1 Å². The minimum Gasteiger partial charge on any atom is -0.495 e. The summed E-state index contributed by atoms with van der Waals surface area (Å²) < 4.78 is 10.4. The Morgan fingerprint density at radius 1 is 1.29 bits per heavy atom. The van der Waals surface area contributed by atoms with Crippen LogP contribution in [0.4, 0.5) is 5.69 Å². The summed E-state index contributed by atoms with van der Waals surface area (Å²) in [6.45, 7) is 3.48. The number of hydrogen-bond donors (Lipinski definition) is 1. The van der Waals surface area contributed by atoms with Crippen LogP contribution in [-0.2, 0) is 20.7 Å². The van der Waals surface area contributed by atoms with Crippen LogP contribution in [0.1, 0.15) is 23.8 Å². The SMILES string of the molecule is COc1ccc(C)cc1NC(=O)[C@H](C)OC(=O)CCc1cccs1. The van der Waals surface area contributed by atoms with Gasteiger partial charge in [0.1, 0.15) is 5.75 Å². The highest BCUT2D eigenvalue weighted by molar-refractivity contribution is 7.09. The van der Waals surface area contributed by atoms with Crippen LogP contribution in [0.3, 0.4) is 0 Å². The molecule has 24 heavy (non-hydrogen) atoms. The molecule has 0 radical (unpaired) electrons. The van der Waals surface area contributed by atoms with E-state index in [4.69, 9.17) is 9.47 Å². The van der Waals surface area contributed by atoms with E-state index in [2.05, 4.69) is 5.32 Å². The lowest BCUT2D eigenvalue weighted by atomic mass is 10.2. The zero-order valence-electron chi connectivity index (χ0n) is 14.0. The van der Waals surface area contributed by atoms with Gasteiger partial charge < -0.3 is 14.8 Å². The first-order valence-electron chi connectivity index (χ1n) is 7.67. The number of thiophene rings is 1. The molecule has 0 aliphatic rings. The lowest BCUT2D eigenvalue weighted by molar-refractivity contribution is -0.153. The number of rotatable bonds is 7. The summed E-state index contributed by atoms with van der Waals surface area (Å²) in [5, 5.41) is 4.70. The van der Waals surface area contributed by atoms with Gasteiger partial charge in [0.05, 0.1) is 19.2 Å². The molecule has 1 amide bonds. The summed E-state index contributed by atoms with van der Waals surface area (Å²) >= 11 is 1.60. The van der Waals surface area contributed by atoms with E-state index in [1.165, 1.54) is 7.11 Å². The molecule has 128 valence electrons. The van der Waals surface area contributed by atoms with Gasteiger partial charge in [0.2, 0.25) is 0 Å². The van der Waals surface area contributed by atoms with Gasteiger partial charge in [-0.3, -0.25) is 9.59 Å². The zero-order valence-corrected chi connectivity index (χ0v) is 14.8. The Morgan fingerprint density at radius 3 is 2.75 bits per heavy atom. The van der Waals surface area contributed by atoms with Crippen LogP contribution in [0.15, 0.2) is 35.7 Å². The van der Waals surface area contributed by atoms with Crippen molar-refractivity contribution < 1.29 is 19.1 Å². The number of anilines is 1. The van der Waals surface area contributed by atoms with Gasteiger partial charge in [-0.1, -0.05) is 12.1 Å². The van der Waals surface area contributed by atoms with E-state index in [9.17, 15) is 9.59 Å². The lowest BCUT2D eigenvalue weighted by Gasteiger charge is -2.15. The summed E-state index contributed by atoms with van der Waals surface area (Å²) in [5.74, 6) is -0.212. The molecule has 0 aliphatic carbocycles. The molecule has 5 nitrogen and oxygen atoms in total. The largest absolute Gasteiger partial charge is 0.495 e. The summed E-state index contributed by atoms with van der Waals surface area (Å²) in [6.07, 6.45) is 0.00803. The Labute approximate surface area is 145 Å². The predicted octanol–water partition coefficient (Wildman–Crippen LogP) is 3.57. The summed E-state index contributed by atoms with van der Waals surface area (Å²) in [5.41, 5.74) is 1.55. The second-order valence-corrected chi connectivity index (χ2v) is 6.44. The minimum atomic E-state index is -0.869. The average molecular weight is 347 g/mol. The van der Waals surface area contributed by atoms with Crippen molar-refractivity contribution in [3.05, 3.63) is 46.2 Å². The number of amides is 1. The number of ether oxygens (including phenoxy) is 2. The highest BCUT2D eigenvalue weighted by Gasteiger charge is 2.19. The normalized spacial score (nSPS) is 11.6. The van der Waals surface area contributed by atoms with E-state index < -0.39 is 6.10 Å². The second kappa shape index (κ2) is 8.49. The van der Waals surface area contributed by atoms with Crippen LogP contribution in [0, 0.1) is 6.92 Å². The minimum absolute atomic E-state index is 0.256. The van der Waals surface area contributed by atoms with Crippen molar-refractivity contribution >= 4 is 28.9 Å². The molecule has 1 N–H and O–H groups in total. The molecule has 0 saturated heterocycles. The number of methoxy groups -OCH3 is 1. The van der Waals surface area contributed by atoms with Gasteiger partial charge in [-0.15, -0.1) is 11.3 Å². The van der Waals surface area contributed by atoms with Crippen LogP contribution in [0.2, 0.25) is 0 Å². The Kier molecular flexibility index (Phi) is 6.37. The Morgan fingerprint density at radius 2 is 2.08 bits per heavy atom. The van der Waals surface area contributed by atoms with E-state index >= 15 is 0 Å². The van der Waals surface area contributed by atoms with E-state index in [1.807, 2.05) is 36.6 Å². The quantitative estimate of drug-likeness (QED) is 0.778. The molecule has 0 spiro atoms. The number of benzene rings is 1. The Bertz CT molecular complexity index is 697. The summed E-state index contributed by atoms with van der Waals surface area (Å²) in [7, 11) is 1.54. The van der Waals surface area contributed by atoms with Gasteiger partial charge in [-0.05, 0) is 49.4 Å². The third-order valence-corrected chi connectivity index (χ3v) is 4.38. The first kappa shape index (κ1) is 18.0. The third-order valence-electron chi connectivity index (χ3n) is 3.45. The first-order chi connectivity index (χ1) is 11.5. The molecule has 0 unspecified atom stereocenters. The molecule has 6 heteroatoms. The molecule has 0 aliphatic heterocycles. The van der Waals surface area contributed by atoms with Gasteiger partial charge in [0.25, 0.3) is 5.91 Å². The number of carbonyl (C=O) groups is 2. The van der Waals surface area contributed by atoms with Crippen LogP contribution < -0.4 is 10.1 Å². The van der Waals surface area contributed by atoms with Crippen LogP contribution in [0.5, 0.6) is 5.75 Å². The smallest absolute Gasteiger partial charge is 0.306 e.